The molecule has 1 aromatic carbocycles. The van der Waals surface area contributed by atoms with Crippen LogP contribution in [0.2, 0.25) is 0 Å². The monoisotopic (exact) mass is 231 g/mol. The topological polar surface area (TPSA) is 85.8 Å². The molecule has 1 heterocycles. The van der Waals surface area contributed by atoms with Crippen molar-refractivity contribution in [1.82, 2.24) is 14.8 Å². The van der Waals surface area contributed by atoms with Crippen molar-refractivity contribution < 1.29 is 4.79 Å². The molecule has 0 radical (unpaired) electrons. The molecule has 0 aliphatic heterocycles. The first-order chi connectivity index (χ1) is 8.16. The van der Waals surface area contributed by atoms with Gasteiger partial charge in [0.2, 0.25) is 5.91 Å². The van der Waals surface area contributed by atoms with E-state index in [2.05, 4.69) is 15.4 Å². The van der Waals surface area contributed by atoms with Gasteiger partial charge in [0.15, 0.2) is 0 Å². The molecular formula is C11H13N5O. The molecule has 0 saturated heterocycles. The molecule has 0 fully saturated rings. The molecule has 6 nitrogen and oxygen atoms in total. The minimum absolute atomic E-state index is 0.426. The third-order valence-electron chi connectivity index (χ3n) is 2.43. The number of primary amides is 1. The molecule has 0 aliphatic carbocycles. The summed E-state index contributed by atoms with van der Waals surface area (Å²) in [4.78, 5) is 15.0. The summed E-state index contributed by atoms with van der Waals surface area (Å²) in [5.41, 5.74) is 6.55. The maximum Gasteiger partial charge on any atom is 0.248 e. The zero-order valence-electron chi connectivity index (χ0n) is 9.42. The van der Waals surface area contributed by atoms with Gasteiger partial charge in [-0.3, -0.25) is 9.48 Å². The third-order valence-corrected chi connectivity index (χ3v) is 2.43. The Bertz CT molecular complexity index is 517. The molecule has 2 rings (SSSR count). The first-order valence-corrected chi connectivity index (χ1v) is 5.13. The number of nitrogens with one attached hydrogen (secondary N) is 1. The van der Waals surface area contributed by atoms with Gasteiger partial charge in [-0.05, 0) is 24.3 Å². The van der Waals surface area contributed by atoms with E-state index >= 15 is 0 Å². The van der Waals surface area contributed by atoms with E-state index in [1.54, 1.807) is 28.9 Å². The van der Waals surface area contributed by atoms with Gasteiger partial charge in [-0.25, -0.2) is 4.98 Å². The minimum Gasteiger partial charge on any atom is -0.378 e. The number of nitrogens with zero attached hydrogens (tertiary/aromatic N) is 3. The van der Waals surface area contributed by atoms with Gasteiger partial charge in [0.25, 0.3) is 0 Å². The van der Waals surface area contributed by atoms with Crippen LogP contribution in [0.5, 0.6) is 0 Å². The molecule has 1 amide bonds. The van der Waals surface area contributed by atoms with Gasteiger partial charge >= 0.3 is 0 Å². The number of hydrogen-bond donors (Lipinski definition) is 2. The molecule has 0 unspecified atom stereocenters. The van der Waals surface area contributed by atoms with Crippen molar-refractivity contribution in [3.63, 3.8) is 0 Å². The summed E-state index contributed by atoms with van der Waals surface area (Å²) in [5.74, 6) is 0.411. The molecule has 0 spiro atoms. The van der Waals surface area contributed by atoms with Crippen LogP contribution in [0.3, 0.4) is 0 Å². The number of carbonyl (C=O) groups excluding carboxylic acids is 1. The van der Waals surface area contributed by atoms with Crippen LogP contribution >= 0.6 is 0 Å². The van der Waals surface area contributed by atoms with Crippen molar-refractivity contribution in [3.05, 3.63) is 42.0 Å². The number of anilines is 1. The van der Waals surface area contributed by atoms with E-state index in [1.165, 1.54) is 6.33 Å². The number of aryl methyl sites for hydroxylation is 1. The zero-order valence-corrected chi connectivity index (χ0v) is 9.42. The van der Waals surface area contributed by atoms with E-state index in [-0.39, 0.29) is 0 Å². The lowest BCUT2D eigenvalue weighted by molar-refractivity contribution is 0.100. The van der Waals surface area contributed by atoms with Gasteiger partial charge in [-0.1, -0.05) is 0 Å². The van der Waals surface area contributed by atoms with Crippen LogP contribution in [-0.4, -0.2) is 20.7 Å². The first kappa shape index (κ1) is 11.1. The molecule has 0 aliphatic rings. The van der Waals surface area contributed by atoms with Gasteiger partial charge in [0, 0.05) is 18.3 Å². The number of nitrogens with two attached hydrogens (primary N) is 1. The van der Waals surface area contributed by atoms with Crippen molar-refractivity contribution in [1.29, 1.82) is 0 Å². The van der Waals surface area contributed by atoms with Crippen LogP contribution in [0, 0.1) is 0 Å². The molecule has 0 atom stereocenters. The van der Waals surface area contributed by atoms with Crippen molar-refractivity contribution in [2.24, 2.45) is 12.8 Å². The molecule has 0 saturated carbocycles. The van der Waals surface area contributed by atoms with Crippen molar-refractivity contribution in [3.8, 4) is 0 Å². The lowest BCUT2D eigenvalue weighted by Crippen LogP contribution is -2.11. The third kappa shape index (κ3) is 2.60. The van der Waals surface area contributed by atoms with E-state index < -0.39 is 5.91 Å². The standard InChI is InChI=1S/C11H13N5O/c1-16-10(14-7-15-16)6-13-9-4-2-8(3-5-9)11(12)17/h2-5,7,13H,6H2,1H3,(H2,12,17). The average molecular weight is 231 g/mol. The summed E-state index contributed by atoms with van der Waals surface area (Å²) < 4.78 is 1.70. The highest BCUT2D eigenvalue weighted by Gasteiger charge is 2.01. The van der Waals surface area contributed by atoms with Crippen LogP contribution in [0.1, 0.15) is 16.2 Å². The minimum atomic E-state index is -0.426. The highest BCUT2D eigenvalue weighted by atomic mass is 16.1. The maximum atomic E-state index is 10.9. The van der Waals surface area contributed by atoms with Gasteiger partial charge in [0.05, 0.1) is 6.54 Å². The quantitative estimate of drug-likeness (QED) is 0.803. The molecule has 2 aromatic rings. The molecule has 6 heteroatoms. The van der Waals surface area contributed by atoms with E-state index in [9.17, 15) is 4.79 Å². The Morgan fingerprint density at radius 1 is 1.41 bits per heavy atom. The molecule has 17 heavy (non-hydrogen) atoms. The van der Waals surface area contributed by atoms with Crippen molar-refractivity contribution in [2.45, 2.75) is 6.54 Å². The normalized spacial score (nSPS) is 10.2. The van der Waals surface area contributed by atoms with Crippen molar-refractivity contribution in [2.75, 3.05) is 5.32 Å². The summed E-state index contributed by atoms with van der Waals surface area (Å²) in [7, 11) is 1.83. The highest BCUT2D eigenvalue weighted by molar-refractivity contribution is 5.93. The fourth-order valence-electron chi connectivity index (χ4n) is 1.41. The smallest absolute Gasteiger partial charge is 0.248 e. The fourth-order valence-corrected chi connectivity index (χ4v) is 1.41. The van der Waals surface area contributed by atoms with Gasteiger partial charge in [0.1, 0.15) is 12.2 Å². The predicted octanol–water partition coefficient (Wildman–Crippen LogP) is 0.526. The van der Waals surface area contributed by atoms with E-state index in [0.717, 1.165) is 11.5 Å². The van der Waals surface area contributed by atoms with Crippen LogP contribution in [-0.2, 0) is 13.6 Å². The Morgan fingerprint density at radius 2 is 2.12 bits per heavy atom. The second-order valence-corrected chi connectivity index (χ2v) is 3.60. The van der Waals surface area contributed by atoms with E-state index in [4.69, 9.17) is 5.73 Å². The number of carbonyl (C=O) groups is 1. The van der Waals surface area contributed by atoms with Gasteiger partial charge in [-0.2, -0.15) is 5.10 Å². The van der Waals surface area contributed by atoms with Crippen LogP contribution in [0.15, 0.2) is 30.6 Å². The number of benzene rings is 1. The Kier molecular flexibility index (Phi) is 3.04. The molecule has 3 N–H and O–H groups in total. The lowest BCUT2D eigenvalue weighted by Gasteiger charge is -2.05. The molecule has 1 aromatic heterocycles. The fraction of sp³-hybridized carbons (Fsp3) is 0.182. The largest absolute Gasteiger partial charge is 0.378 e. The Morgan fingerprint density at radius 3 is 2.65 bits per heavy atom. The summed E-state index contributed by atoms with van der Waals surface area (Å²) in [5, 5.41) is 7.15. The van der Waals surface area contributed by atoms with E-state index in [1.807, 2.05) is 7.05 Å². The van der Waals surface area contributed by atoms with Gasteiger partial charge < -0.3 is 11.1 Å². The van der Waals surface area contributed by atoms with Crippen LogP contribution in [0.25, 0.3) is 0 Å². The molecular weight excluding hydrogens is 218 g/mol. The summed E-state index contributed by atoms with van der Waals surface area (Å²) in [6, 6.07) is 6.97. The first-order valence-electron chi connectivity index (χ1n) is 5.13. The number of amides is 1. The highest BCUT2D eigenvalue weighted by Crippen LogP contribution is 2.10. The number of hydrogen-bond acceptors (Lipinski definition) is 4. The SMILES string of the molecule is Cn1ncnc1CNc1ccc(C(N)=O)cc1. The second-order valence-electron chi connectivity index (χ2n) is 3.60. The average Bonchev–Trinajstić information content (AvgIpc) is 2.73. The van der Waals surface area contributed by atoms with Crippen LogP contribution < -0.4 is 11.1 Å². The molecule has 0 bridgehead atoms. The summed E-state index contributed by atoms with van der Waals surface area (Å²) in [6.45, 7) is 0.576. The summed E-state index contributed by atoms with van der Waals surface area (Å²) in [6.07, 6.45) is 1.51. The van der Waals surface area contributed by atoms with Crippen molar-refractivity contribution >= 4 is 11.6 Å². The van der Waals surface area contributed by atoms with Gasteiger partial charge in [-0.15, -0.1) is 0 Å². The Balaban J connectivity index is 2.00. The van der Waals surface area contributed by atoms with Crippen LogP contribution in [0.4, 0.5) is 5.69 Å². The van der Waals surface area contributed by atoms with E-state index in [0.29, 0.717) is 12.1 Å². The molecule has 88 valence electrons. The predicted molar refractivity (Wildman–Crippen MR) is 63.3 cm³/mol. The number of rotatable bonds is 4. The lowest BCUT2D eigenvalue weighted by atomic mass is 10.2. The maximum absolute atomic E-state index is 10.9. The Hall–Kier alpha value is -2.37. The second kappa shape index (κ2) is 4.65. The number of aromatic nitrogens is 3. The summed E-state index contributed by atoms with van der Waals surface area (Å²) >= 11 is 0. The Labute approximate surface area is 98.5 Å². The zero-order chi connectivity index (χ0) is 12.3.